The summed E-state index contributed by atoms with van der Waals surface area (Å²) in [5, 5.41) is 9.67. The number of pyridine rings is 1. The molecule has 0 saturated carbocycles. The molecule has 0 aliphatic carbocycles. The van der Waals surface area contributed by atoms with Crippen LogP contribution in [0.4, 0.5) is 5.82 Å². The summed E-state index contributed by atoms with van der Waals surface area (Å²) < 4.78 is 0. The number of aliphatic hydroxyl groups is 1. The normalized spacial score (nSPS) is 11.9. The highest BCUT2D eigenvalue weighted by Gasteiger charge is 2.13. The highest BCUT2D eigenvalue weighted by Crippen LogP contribution is 2.23. The van der Waals surface area contributed by atoms with E-state index in [0.717, 1.165) is 24.3 Å². The molecule has 1 aromatic rings. The Hall–Kier alpha value is -1.53. The van der Waals surface area contributed by atoms with E-state index < -0.39 is 6.10 Å². The summed E-state index contributed by atoms with van der Waals surface area (Å²) in [6.07, 6.45) is 7.53. The van der Waals surface area contributed by atoms with Crippen LogP contribution < -0.4 is 4.90 Å². The molecule has 0 aliphatic heterocycles. The average molecular weight is 218 g/mol. The van der Waals surface area contributed by atoms with Crippen LogP contribution in [0, 0.1) is 12.3 Å². The van der Waals surface area contributed by atoms with Crippen LogP contribution in [0.15, 0.2) is 18.3 Å². The summed E-state index contributed by atoms with van der Waals surface area (Å²) in [5.74, 6) is 3.41. The van der Waals surface area contributed by atoms with Gasteiger partial charge in [-0.1, -0.05) is 18.9 Å². The summed E-state index contributed by atoms with van der Waals surface area (Å²) in [5.41, 5.74) is 0.825. The molecule has 0 unspecified atom stereocenters. The number of rotatable bonds is 5. The third kappa shape index (κ3) is 2.98. The Labute approximate surface area is 97.1 Å². The maximum atomic E-state index is 9.67. The van der Waals surface area contributed by atoms with Crippen molar-refractivity contribution in [2.24, 2.45) is 0 Å². The van der Waals surface area contributed by atoms with Gasteiger partial charge in [0.15, 0.2) is 0 Å². The smallest absolute Gasteiger partial charge is 0.135 e. The Balaban J connectivity index is 3.03. The number of aliphatic hydroxyl groups excluding tert-OH is 1. The van der Waals surface area contributed by atoms with Crippen molar-refractivity contribution in [3.63, 3.8) is 0 Å². The van der Waals surface area contributed by atoms with Crippen molar-refractivity contribution < 1.29 is 5.11 Å². The molecule has 1 aromatic heterocycles. The fourth-order valence-electron chi connectivity index (χ4n) is 1.64. The summed E-state index contributed by atoms with van der Waals surface area (Å²) >= 11 is 0. The molecule has 0 aromatic carbocycles. The quantitative estimate of drug-likeness (QED) is 0.768. The van der Waals surface area contributed by atoms with Gasteiger partial charge >= 0.3 is 0 Å². The van der Waals surface area contributed by atoms with Gasteiger partial charge in [0.1, 0.15) is 5.82 Å². The molecule has 0 fully saturated rings. The van der Waals surface area contributed by atoms with E-state index in [4.69, 9.17) is 6.42 Å². The van der Waals surface area contributed by atoms with Crippen LogP contribution in [0.1, 0.15) is 31.9 Å². The van der Waals surface area contributed by atoms with E-state index in [1.807, 2.05) is 17.0 Å². The Bertz CT molecular complexity index is 368. The van der Waals surface area contributed by atoms with Crippen molar-refractivity contribution in [1.82, 2.24) is 4.98 Å². The van der Waals surface area contributed by atoms with Gasteiger partial charge in [-0.15, -0.1) is 6.42 Å². The monoisotopic (exact) mass is 218 g/mol. The second-order valence-electron chi connectivity index (χ2n) is 3.72. The number of nitrogens with zero attached hydrogens (tertiary/aromatic N) is 2. The van der Waals surface area contributed by atoms with Gasteiger partial charge in [0.2, 0.25) is 0 Å². The summed E-state index contributed by atoms with van der Waals surface area (Å²) in [7, 11) is 0. The molecule has 1 N–H and O–H groups in total. The lowest BCUT2D eigenvalue weighted by Gasteiger charge is -2.24. The lowest BCUT2D eigenvalue weighted by molar-refractivity contribution is 0.199. The van der Waals surface area contributed by atoms with Gasteiger partial charge in [0.05, 0.1) is 12.6 Å². The van der Waals surface area contributed by atoms with E-state index in [0.29, 0.717) is 6.54 Å². The third-order valence-electron chi connectivity index (χ3n) is 2.34. The predicted octanol–water partition coefficient (Wildman–Crippen LogP) is 1.98. The molecule has 0 saturated heterocycles. The van der Waals surface area contributed by atoms with Crippen molar-refractivity contribution in [3.8, 4) is 12.3 Å². The Morgan fingerprint density at radius 2 is 2.38 bits per heavy atom. The van der Waals surface area contributed by atoms with Crippen LogP contribution in [0.25, 0.3) is 0 Å². The minimum Gasteiger partial charge on any atom is -0.389 e. The van der Waals surface area contributed by atoms with E-state index in [-0.39, 0.29) is 0 Å². The number of aromatic nitrogens is 1. The average Bonchev–Trinajstić information content (AvgIpc) is 2.29. The number of terminal acetylenes is 1. The van der Waals surface area contributed by atoms with E-state index in [9.17, 15) is 5.11 Å². The molecule has 1 atom stereocenters. The van der Waals surface area contributed by atoms with Crippen LogP contribution in [0.5, 0.6) is 0 Å². The summed E-state index contributed by atoms with van der Waals surface area (Å²) in [4.78, 5) is 6.32. The van der Waals surface area contributed by atoms with E-state index >= 15 is 0 Å². The molecular weight excluding hydrogens is 200 g/mol. The van der Waals surface area contributed by atoms with Crippen molar-refractivity contribution in [3.05, 3.63) is 23.9 Å². The van der Waals surface area contributed by atoms with Crippen LogP contribution in [0.3, 0.4) is 0 Å². The van der Waals surface area contributed by atoms with Gasteiger partial charge in [-0.25, -0.2) is 4.98 Å². The molecule has 16 heavy (non-hydrogen) atoms. The van der Waals surface area contributed by atoms with Crippen LogP contribution >= 0.6 is 0 Å². The lowest BCUT2D eigenvalue weighted by Crippen LogP contribution is -2.26. The maximum absolute atomic E-state index is 9.67. The Morgan fingerprint density at radius 3 is 2.94 bits per heavy atom. The maximum Gasteiger partial charge on any atom is 0.135 e. The Morgan fingerprint density at radius 1 is 1.62 bits per heavy atom. The molecule has 3 nitrogen and oxygen atoms in total. The van der Waals surface area contributed by atoms with E-state index in [1.54, 1.807) is 13.1 Å². The fourth-order valence-corrected chi connectivity index (χ4v) is 1.64. The SMILES string of the molecule is C#CCN(CCC)c1ncccc1[C@H](C)O. The number of hydrogen-bond donors (Lipinski definition) is 1. The lowest BCUT2D eigenvalue weighted by atomic mass is 10.1. The van der Waals surface area contributed by atoms with Gasteiger partial charge in [0, 0.05) is 18.3 Å². The van der Waals surface area contributed by atoms with Crippen molar-refractivity contribution in [2.75, 3.05) is 18.0 Å². The zero-order valence-corrected chi connectivity index (χ0v) is 9.85. The highest BCUT2D eigenvalue weighted by atomic mass is 16.3. The summed E-state index contributed by atoms with van der Waals surface area (Å²) in [6, 6.07) is 3.71. The topological polar surface area (TPSA) is 36.4 Å². The largest absolute Gasteiger partial charge is 0.389 e. The summed E-state index contributed by atoms with van der Waals surface area (Å²) in [6.45, 7) is 5.19. The van der Waals surface area contributed by atoms with Crippen LogP contribution in [-0.2, 0) is 0 Å². The van der Waals surface area contributed by atoms with Gasteiger partial charge in [-0.2, -0.15) is 0 Å². The molecule has 0 aliphatic rings. The number of anilines is 1. The molecule has 86 valence electrons. The first-order valence-corrected chi connectivity index (χ1v) is 5.52. The van der Waals surface area contributed by atoms with Crippen molar-refractivity contribution >= 4 is 5.82 Å². The second kappa shape index (κ2) is 6.14. The van der Waals surface area contributed by atoms with Gasteiger partial charge in [0.25, 0.3) is 0 Å². The number of hydrogen-bond acceptors (Lipinski definition) is 3. The zero-order valence-electron chi connectivity index (χ0n) is 9.85. The first kappa shape index (κ1) is 12.5. The molecule has 0 bridgehead atoms. The fraction of sp³-hybridized carbons (Fsp3) is 0.462. The first-order chi connectivity index (χ1) is 7.70. The van der Waals surface area contributed by atoms with Crippen LogP contribution in [0.2, 0.25) is 0 Å². The standard InChI is InChI=1S/C13H18N2O/c1-4-9-15(10-5-2)13-12(11(3)16)7-6-8-14-13/h1,6-8,11,16H,5,9-10H2,2-3H3/t11-/m0/s1. The third-order valence-corrected chi connectivity index (χ3v) is 2.34. The van der Waals surface area contributed by atoms with Crippen molar-refractivity contribution in [1.29, 1.82) is 0 Å². The molecule has 0 radical (unpaired) electrons. The van der Waals surface area contributed by atoms with E-state index in [1.165, 1.54) is 0 Å². The molecule has 3 heteroatoms. The van der Waals surface area contributed by atoms with Gasteiger partial charge in [-0.05, 0) is 19.4 Å². The predicted molar refractivity (Wildman–Crippen MR) is 66.2 cm³/mol. The molecule has 0 amide bonds. The molecular formula is C13H18N2O. The minimum atomic E-state index is -0.527. The highest BCUT2D eigenvalue weighted by molar-refractivity contribution is 5.48. The van der Waals surface area contributed by atoms with Gasteiger partial charge in [-0.3, -0.25) is 0 Å². The Kier molecular flexibility index (Phi) is 4.81. The zero-order chi connectivity index (χ0) is 12.0. The molecule has 1 heterocycles. The first-order valence-electron chi connectivity index (χ1n) is 5.52. The second-order valence-corrected chi connectivity index (χ2v) is 3.72. The minimum absolute atomic E-state index is 0.518. The van der Waals surface area contributed by atoms with Crippen LogP contribution in [-0.4, -0.2) is 23.2 Å². The molecule has 0 spiro atoms. The molecule has 1 rings (SSSR count). The van der Waals surface area contributed by atoms with Gasteiger partial charge < -0.3 is 10.0 Å². The van der Waals surface area contributed by atoms with Crippen molar-refractivity contribution in [2.45, 2.75) is 26.4 Å². The van der Waals surface area contributed by atoms with E-state index in [2.05, 4.69) is 17.8 Å².